The predicted octanol–water partition coefficient (Wildman–Crippen LogP) is 5.29. The molecule has 1 aliphatic rings. The summed E-state index contributed by atoms with van der Waals surface area (Å²) in [5, 5.41) is 2.90. The molecular formula is C27H27N3O3S. The zero-order valence-corrected chi connectivity index (χ0v) is 19.8. The maximum atomic E-state index is 13.1. The summed E-state index contributed by atoms with van der Waals surface area (Å²) in [5.74, 6) is 0.338. The average Bonchev–Trinajstić information content (AvgIpc) is 2.87. The third kappa shape index (κ3) is 6.26. The molecule has 1 fully saturated rings. The van der Waals surface area contributed by atoms with E-state index in [9.17, 15) is 9.59 Å². The van der Waals surface area contributed by atoms with Gasteiger partial charge in [-0.1, -0.05) is 66.4 Å². The molecule has 1 N–H and O–H groups in total. The number of hydrogen-bond donors (Lipinski definition) is 1. The van der Waals surface area contributed by atoms with E-state index < -0.39 is 5.25 Å². The molecule has 0 radical (unpaired) electrons. The number of ether oxygens (including phenoxy) is 1. The van der Waals surface area contributed by atoms with Crippen LogP contribution in [0.25, 0.3) is 0 Å². The quantitative estimate of drug-likeness (QED) is 0.483. The zero-order valence-electron chi connectivity index (χ0n) is 19.0. The molecule has 2 amide bonds. The highest BCUT2D eigenvalue weighted by molar-refractivity contribution is 8.15. The number of carbonyl (C=O) groups excluding carboxylic acids is 2. The molecule has 0 saturated carbocycles. The van der Waals surface area contributed by atoms with Crippen LogP contribution in [0.3, 0.4) is 0 Å². The smallest absolute Gasteiger partial charge is 0.238 e. The van der Waals surface area contributed by atoms with Crippen molar-refractivity contribution >= 4 is 40.1 Å². The molecule has 7 heteroatoms. The second-order valence-electron chi connectivity index (χ2n) is 7.90. The summed E-state index contributed by atoms with van der Waals surface area (Å²) in [4.78, 5) is 32.6. The van der Waals surface area contributed by atoms with Crippen LogP contribution < -0.4 is 10.1 Å². The fourth-order valence-electron chi connectivity index (χ4n) is 3.68. The number of anilines is 1. The number of hydrogen-bond acceptors (Lipinski definition) is 5. The van der Waals surface area contributed by atoms with Gasteiger partial charge in [-0.05, 0) is 42.7 Å². The van der Waals surface area contributed by atoms with Gasteiger partial charge in [0.1, 0.15) is 11.0 Å². The third-order valence-corrected chi connectivity index (χ3v) is 6.63. The molecule has 3 aromatic carbocycles. The van der Waals surface area contributed by atoms with Gasteiger partial charge in [-0.3, -0.25) is 14.5 Å². The second-order valence-corrected chi connectivity index (χ2v) is 9.07. The maximum Gasteiger partial charge on any atom is 0.238 e. The minimum absolute atomic E-state index is 0.0905. The van der Waals surface area contributed by atoms with E-state index in [1.54, 1.807) is 24.1 Å². The van der Waals surface area contributed by atoms with Crippen LogP contribution in [0.15, 0.2) is 89.9 Å². The number of methoxy groups -OCH3 is 1. The van der Waals surface area contributed by atoms with Crippen LogP contribution in [-0.2, 0) is 16.0 Å². The Kier molecular flexibility index (Phi) is 7.99. The Labute approximate surface area is 204 Å². The fraction of sp³-hybridized carbons (Fsp3) is 0.222. The molecule has 0 bridgehead atoms. The molecule has 3 aromatic rings. The lowest BCUT2D eigenvalue weighted by Crippen LogP contribution is -2.45. The monoisotopic (exact) mass is 473 g/mol. The third-order valence-electron chi connectivity index (χ3n) is 5.44. The number of amides is 2. The Bertz CT molecular complexity index is 1150. The first kappa shape index (κ1) is 23.6. The molecule has 0 aliphatic carbocycles. The lowest BCUT2D eigenvalue weighted by atomic mass is 10.1. The van der Waals surface area contributed by atoms with Crippen molar-refractivity contribution in [2.24, 2.45) is 4.99 Å². The van der Waals surface area contributed by atoms with Gasteiger partial charge in [-0.2, -0.15) is 0 Å². The average molecular weight is 474 g/mol. The second kappa shape index (κ2) is 11.5. The van der Waals surface area contributed by atoms with Crippen molar-refractivity contribution in [1.82, 2.24) is 4.90 Å². The SMILES string of the molecule is COc1cccc(NC(=O)[C@H]2CC(=O)N(CCCc3ccccc3)C(=Nc3ccccc3)S2)c1. The Morgan fingerprint density at radius 3 is 2.53 bits per heavy atom. The Morgan fingerprint density at radius 1 is 1.06 bits per heavy atom. The topological polar surface area (TPSA) is 71.0 Å². The molecule has 0 aromatic heterocycles. The summed E-state index contributed by atoms with van der Waals surface area (Å²) >= 11 is 1.33. The highest BCUT2D eigenvalue weighted by atomic mass is 32.2. The minimum Gasteiger partial charge on any atom is -0.497 e. The number of benzene rings is 3. The normalized spacial score (nSPS) is 17.0. The van der Waals surface area contributed by atoms with Crippen LogP contribution in [0.5, 0.6) is 5.75 Å². The highest BCUT2D eigenvalue weighted by Crippen LogP contribution is 2.30. The summed E-state index contributed by atoms with van der Waals surface area (Å²) in [6.45, 7) is 0.552. The van der Waals surface area contributed by atoms with Gasteiger partial charge in [0.2, 0.25) is 11.8 Å². The highest BCUT2D eigenvalue weighted by Gasteiger charge is 2.35. The van der Waals surface area contributed by atoms with Crippen LogP contribution in [0.4, 0.5) is 11.4 Å². The van der Waals surface area contributed by atoms with Crippen molar-refractivity contribution in [3.8, 4) is 5.75 Å². The van der Waals surface area contributed by atoms with Crippen LogP contribution in [0.1, 0.15) is 18.4 Å². The van der Waals surface area contributed by atoms with Gasteiger partial charge < -0.3 is 10.1 Å². The van der Waals surface area contributed by atoms with Gasteiger partial charge in [0.05, 0.1) is 12.8 Å². The number of para-hydroxylation sites is 1. The largest absolute Gasteiger partial charge is 0.497 e. The van der Waals surface area contributed by atoms with Crippen molar-refractivity contribution in [1.29, 1.82) is 0 Å². The van der Waals surface area contributed by atoms with Crippen molar-refractivity contribution in [3.63, 3.8) is 0 Å². The van der Waals surface area contributed by atoms with E-state index in [0.717, 1.165) is 18.5 Å². The number of amidine groups is 1. The summed E-state index contributed by atoms with van der Waals surface area (Å²) in [5.41, 5.74) is 2.61. The molecular weight excluding hydrogens is 446 g/mol. The van der Waals surface area contributed by atoms with Crippen LogP contribution in [-0.4, -0.2) is 40.8 Å². The van der Waals surface area contributed by atoms with E-state index in [4.69, 9.17) is 9.73 Å². The molecule has 1 atom stereocenters. The van der Waals surface area contributed by atoms with Crippen molar-refractivity contribution < 1.29 is 14.3 Å². The number of aliphatic imine (C=N–C) groups is 1. The Hall–Kier alpha value is -3.58. The maximum absolute atomic E-state index is 13.1. The van der Waals surface area contributed by atoms with Crippen LogP contribution >= 0.6 is 11.8 Å². The van der Waals surface area contributed by atoms with Gasteiger partial charge in [-0.15, -0.1) is 0 Å². The van der Waals surface area contributed by atoms with E-state index in [0.29, 0.717) is 23.1 Å². The molecule has 1 saturated heterocycles. The summed E-state index contributed by atoms with van der Waals surface area (Å²) in [7, 11) is 1.58. The summed E-state index contributed by atoms with van der Waals surface area (Å²) < 4.78 is 5.23. The molecule has 0 unspecified atom stereocenters. The van der Waals surface area contributed by atoms with Gasteiger partial charge in [0.25, 0.3) is 0 Å². The number of aryl methyl sites for hydroxylation is 1. The molecule has 6 nitrogen and oxygen atoms in total. The first-order valence-electron chi connectivity index (χ1n) is 11.2. The van der Waals surface area contributed by atoms with Crippen molar-refractivity contribution in [2.45, 2.75) is 24.5 Å². The van der Waals surface area contributed by atoms with E-state index in [-0.39, 0.29) is 18.2 Å². The molecule has 0 spiro atoms. The Morgan fingerprint density at radius 2 is 1.79 bits per heavy atom. The van der Waals surface area contributed by atoms with E-state index in [1.165, 1.54) is 17.3 Å². The predicted molar refractivity (Wildman–Crippen MR) is 138 cm³/mol. The lowest BCUT2D eigenvalue weighted by molar-refractivity contribution is -0.129. The number of nitrogens with one attached hydrogen (secondary N) is 1. The Balaban J connectivity index is 1.49. The first-order valence-corrected chi connectivity index (χ1v) is 12.1. The standard InChI is InChI=1S/C27H27N3O3S/c1-33-23-16-8-15-22(18-23)28-26(32)24-19-25(31)30(17-9-12-20-10-4-2-5-11-20)27(34-24)29-21-13-6-3-7-14-21/h2-8,10-11,13-16,18,24H,9,12,17,19H2,1H3,(H,28,32)/t24-/m1/s1. The number of carbonyl (C=O) groups is 2. The zero-order chi connectivity index (χ0) is 23.8. The fourth-order valence-corrected chi connectivity index (χ4v) is 4.81. The number of nitrogens with zero attached hydrogens (tertiary/aromatic N) is 2. The van der Waals surface area contributed by atoms with Crippen molar-refractivity contribution in [2.75, 3.05) is 19.0 Å². The number of thioether (sulfide) groups is 1. The van der Waals surface area contributed by atoms with Gasteiger partial charge in [-0.25, -0.2) is 4.99 Å². The van der Waals surface area contributed by atoms with Crippen molar-refractivity contribution in [3.05, 3.63) is 90.5 Å². The van der Waals surface area contributed by atoms with E-state index in [1.807, 2.05) is 60.7 Å². The van der Waals surface area contributed by atoms with Gasteiger partial charge >= 0.3 is 0 Å². The summed E-state index contributed by atoms with van der Waals surface area (Å²) in [6, 6.07) is 26.9. The molecule has 1 aliphatic heterocycles. The van der Waals surface area contributed by atoms with Crippen LogP contribution in [0, 0.1) is 0 Å². The lowest BCUT2D eigenvalue weighted by Gasteiger charge is -2.32. The molecule has 174 valence electrons. The van der Waals surface area contributed by atoms with E-state index >= 15 is 0 Å². The molecule has 4 rings (SSSR count). The van der Waals surface area contributed by atoms with E-state index in [2.05, 4.69) is 17.4 Å². The van der Waals surface area contributed by atoms with Gasteiger partial charge in [0.15, 0.2) is 5.17 Å². The summed E-state index contributed by atoms with van der Waals surface area (Å²) in [6.07, 6.45) is 1.80. The molecule has 34 heavy (non-hydrogen) atoms. The van der Waals surface area contributed by atoms with Gasteiger partial charge in [0, 0.05) is 24.7 Å². The molecule has 1 heterocycles. The first-order chi connectivity index (χ1) is 16.6. The number of rotatable bonds is 8. The minimum atomic E-state index is -0.563. The van der Waals surface area contributed by atoms with Crippen LogP contribution in [0.2, 0.25) is 0 Å².